The monoisotopic (exact) mass is 903 g/mol. The maximum atomic E-state index is 12.5. The summed E-state index contributed by atoms with van der Waals surface area (Å²) >= 11 is 0. The number of carboxylic acids is 1. The molecule has 344 valence electrons. The highest BCUT2D eigenvalue weighted by Gasteiger charge is 2.50. The number of phenolic OH excluding ortho intramolecular Hbond substituents is 5. The molecule has 0 amide bonds. The Balaban J connectivity index is 1.30. The van der Waals surface area contributed by atoms with Crippen molar-refractivity contribution in [3.63, 3.8) is 0 Å². The van der Waals surface area contributed by atoms with E-state index in [0.29, 0.717) is 5.56 Å². The van der Waals surface area contributed by atoms with E-state index < -0.39 is 134 Å². The molecule has 0 bridgehead atoms. The first kappa shape index (κ1) is 46.6. The Labute approximate surface area is 360 Å². The van der Waals surface area contributed by atoms with E-state index in [4.69, 9.17) is 38.3 Å². The van der Waals surface area contributed by atoms with Gasteiger partial charge in [0, 0.05) is 25.1 Å². The second-order valence-corrected chi connectivity index (χ2v) is 14.5. The number of aliphatic hydroxyl groups excluding tert-OH is 5. The molecule has 12 N–H and O–H groups in total. The molecule has 2 fully saturated rings. The van der Waals surface area contributed by atoms with Gasteiger partial charge in [0.2, 0.25) is 12.6 Å². The van der Waals surface area contributed by atoms with Crippen LogP contribution < -0.4 is 4.74 Å². The fourth-order valence-electron chi connectivity index (χ4n) is 6.69. The summed E-state index contributed by atoms with van der Waals surface area (Å²) in [7, 11) is 0. The molecule has 23 nitrogen and oxygen atoms in total. The lowest BCUT2D eigenvalue weighted by Gasteiger charge is -2.41. The smallest absolute Gasteiger partial charge is 0.330 e. The van der Waals surface area contributed by atoms with E-state index in [-0.39, 0.29) is 34.1 Å². The quantitative estimate of drug-likeness (QED) is 0.0240. The van der Waals surface area contributed by atoms with Crippen LogP contribution in [-0.4, -0.2) is 159 Å². The maximum Gasteiger partial charge on any atom is 0.330 e. The lowest BCUT2D eigenvalue weighted by molar-refractivity contribution is -0.296. The van der Waals surface area contributed by atoms with Crippen LogP contribution in [0.4, 0.5) is 0 Å². The number of carbonyl (C=O) groups is 4. The van der Waals surface area contributed by atoms with Gasteiger partial charge in [-0.2, -0.15) is 0 Å². The molecule has 0 spiro atoms. The summed E-state index contributed by atoms with van der Waals surface area (Å²) in [5.74, 6) is -8.37. The lowest BCUT2D eigenvalue weighted by Crippen LogP contribution is -2.61. The zero-order valence-corrected chi connectivity index (χ0v) is 33.2. The first-order valence-corrected chi connectivity index (χ1v) is 19.1. The Bertz CT molecular complexity index is 2250. The van der Waals surface area contributed by atoms with Crippen molar-refractivity contribution < 1.29 is 113 Å². The van der Waals surface area contributed by atoms with Crippen LogP contribution in [-0.2, 0) is 47.6 Å². The summed E-state index contributed by atoms with van der Waals surface area (Å²) in [6, 6.07) is 9.95. The first-order valence-electron chi connectivity index (χ1n) is 19.1. The van der Waals surface area contributed by atoms with Crippen LogP contribution in [0, 0.1) is 0 Å². The molecule has 0 aliphatic carbocycles. The SMILES string of the molecule is CC(=O)O[C@@H]1[C@H](O)[C@@H](O)[C@H](Oc2cc(O)cc3c2C=C(O[C@@H]2O[C@H](COC(=O)/C=C/c4ccc(O)cc4)[C@H](O)[C@@H](O)[C@H]2O)C(c2cc(O)c(O)c(O)c2)[OH+]3)O[C@H]1COC(=O)CC(=O)O. The number of aliphatic carboxylic acids is 1. The van der Waals surface area contributed by atoms with Crippen LogP contribution >= 0.6 is 0 Å². The second-order valence-electron chi connectivity index (χ2n) is 14.5. The Morgan fingerprint density at radius 3 is 2.02 bits per heavy atom. The van der Waals surface area contributed by atoms with Gasteiger partial charge in [-0.25, -0.2) is 4.79 Å². The van der Waals surface area contributed by atoms with Crippen molar-refractivity contribution in [1.29, 1.82) is 0 Å². The molecule has 6 rings (SSSR count). The molecule has 0 saturated carbocycles. The molecule has 23 heteroatoms. The van der Waals surface area contributed by atoms with Gasteiger partial charge >= 0.3 is 23.9 Å². The van der Waals surface area contributed by atoms with Crippen LogP contribution in [0.3, 0.4) is 0 Å². The third-order valence-corrected chi connectivity index (χ3v) is 9.84. The van der Waals surface area contributed by atoms with Gasteiger partial charge in [-0.1, -0.05) is 12.1 Å². The average Bonchev–Trinajstić information content (AvgIpc) is 3.23. The third-order valence-electron chi connectivity index (χ3n) is 9.84. The van der Waals surface area contributed by atoms with E-state index in [0.717, 1.165) is 37.3 Å². The fourth-order valence-corrected chi connectivity index (χ4v) is 6.69. The topological polar surface area (TPSA) is 368 Å². The minimum atomic E-state index is -2.02. The molecule has 3 heterocycles. The number of hydrogen-bond acceptors (Lipinski definition) is 21. The minimum Gasteiger partial charge on any atom is -0.571 e. The molecule has 3 aromatic rings. The van der Waals surface area contributed by atoms with Crippen LogP contribution in [0.5, 0.6) is 40.2 Å². The summed E-state index contributed by atoms with van der Waals surface area (Å²) in [6.07, 6.45) is -17.2. The highest BCUT2D eigenvalue weighted by atomic mass is 16.7. The van der Waals surface area contributed by atoms with Crippen LogP contribution in [0.1, 0.15) is 36.1 Å². The Morgan fingerprint density at radius 1 is 0.734 bits per heavy atom. The average molecular weight is 904 g/mol. The molecule has 11 atom stereocenters. The van der Waals surface area contributed by atoms with E-state index in [9.17, 15) is 70.2 Å². The Hall–Kier alpha value is -6.86. The highest BCUT2D eigenvalue weighted by molar-refractivity contribution is 5.90. The van der Waals surface area contributed by atoms with Crippen LogP contribution in [0.15, 0.2) is 60.4 Å². The number of rotatable bonds is 14. The number of esters is 3. The van der Waals surface area contributed by atoms with Gasteiger partial charge in [0.1, 0.15) is 85.2 Å². The summed E-state index contributed by atoms with van der Waals surface area (Å²) < 4.78 is 43.3. The van der Waals surface area contributed by atoms with Gasteiger partial charge in [-0.05, 0) is 35.9 Å². The zero-order valence-electron chi connectivity index (χ0n) is 33.2. The van der Waals surface area contributed by atoms with E-state index in [1.54, 1.807) is 0 Å². The van der Waals surface area contributed by atoms with Crippen molar-refractivity contribution in [2.45, 2.75) is 80.9 Å². The van der Waals surface area contributed by atoms with Crippen molar-refractivity contribution in [3.8, 4) is 40.2 Å². The van der Waals surface area contributed by atoms with Gasteiger partial charge in [-0.15, -0.1) is 0 Å². The normalized spacial score (nSPS) is 27.6. The molecule has 0 aromatic heterocycles. The van der Waals surface area contributed by atoms with Crippen molar-refractivity contribution >= 4 is 36.0 Å². The predicted octanol–water partition coefficient (Wildman–Crippen LogP) is -0.592. The number of fused-ring (bicyclic) bond motifs is 1. The number of aliphatic hydroxyl groups is 6. The van der Waals surface area contributed by atoms with Crippen LogP contribution in [0.25, 0.3) is 12.2 Å². The molecule has 3 aromatic carbocycles. The molecule has 1 unspecified atom stereocenters. The number of ether oxygens (including phenoxy) is 8. The number of carbonyl (C=O) groups excluding carboxylic acids is 3. The standard InChI is InChI=1S/C41H42O23/c1-16(42)59-39-28(15-58-31(50)13-29(47)48)64-41(37(56)35(39)54)61-25-11-20(44)10-24-21(25)12-26(38(60-24)18-8-22(45)32(51)23(46)9-18)62-40-36(55)34(53)33(52)27(63-40)14-57-30(49)7-4-17-2-5-19(43)6-3-17/h2-12,27-28,33-41,43-46,51-56H,13-15H2,1H3,(H,47,48)/p+1/b7-4+/t27-,28+,33+,34-,35-,36-,37-,38?,39+,40-,41-/m1/s1. The molecule has 2 saturated heterocycles. The Morgan fingerprint density at radius 2 is 1.36 bits per heavy atom. The van der Waals surface area contributed by atoms with Crippen molar-refractivity contribution in [1.82, 2.24) is 0 Å². The number of benzene rings is 3. The van der Waals surface area contributed by atoms with E-state index in [1.807, 2.05) is 0 Å². The van der Waals surface area contributed by atoms with Gasteiger partial charge in [0.25, 0.3) is 11.9 Å². The van der Waals surface area contributed by atoms with Gasteiger partial charge in [0.05, 0.1) is 11.6 Å². The first-order chi connectivity index (χ1) is 30.3. The number of aromatic hydroxyl groups is 6. The summed E-state index contributed by atoms with van der Waals surface area (Å²) in [6.45, 7) is -0.495. The highest BCUT2D eigenvalue weighted by Crippen LogP contribution is 2.48. The summed E-state index contributed by atoms with van der Waals surface area (Å²) in [4.78, 5) is 47.4. The number of phenols is 5. The third kappa shape index (κ3) is 10.8. The van der Waals surface area contributed by atoms with E-state index in [1.165, 1.54) is 36.4 Å². The molecular formula is C41H43O23+. The molecule has 3 aliphatic heterocycles. The number of hydrogen-bond donors (Lipinski definition) is 11. The molecular weight excluding hydrogens is 860 g/mol. The summed E-state index contributed by atoms with van der Waals surface area (Å²) in [5.41, 5.74) is 0.384. The van der Waals surface area contributed by atoms with Crippen molar-refractivity contribution in [2.24, 2.45) is 0 Å². The van der Waals surface area contributed by atoms with Crippen molar-refractivity contribution in [3.05, 3.63) is 77.1 Å². The Kier molecular flexibility index (Phi) is 14.3. The lowest BCUT2D eigenvalue weighted by atomic mass is 9.98. The van der Waals surface area contributed by atoms with Crippen LogP contribution in [0.2, 0.25) is 0 Å². The second kappa shape index (κ2) is 19.7. The largest absolute Gasteiger partial charge is 0.571 e. The van der Waals surface area contributed by atoms with Crippen molar-refractivity contribution in [2.75, 3.05) is 13.2 Å². The molecule has 3 aliphatic rings. The predicted molar refractivity (Wildman–Crippen MR) is 208 cm³/mol. The minimum absolute atomic E-state index is 0.00144. The zero-order chi connectivity index (χ0) is 46.6. The van der Waals surface area contributed by atoms with Gasteiger partial charge in [0.15, 0.2) is 29.1 Å². The molecule has 0 radical (unpaired) electrons. The van der Waals surface area contributed by atoms with Gasteiger partial charge < -0.3 is 94.1 Å². The molecule has 64 heavy (non-hydrogen) atoms. The van der Waals surface area contributed by atoms with E-state index in [2.05, 4.69) is 4.74 Å². The number of carboxylic acid groups (broad SMARTS) is 1. The fraction of sp³-hybridized carbons (Fsp3) is 0.366. The maximum absolute atomic E-state index is 12.5. The summed E-state index contributed by atoms with van der Waals surface area (Å²) in [5, 5.41) is 115. The van der Waals surface area contributed by atoms with E-state index >= 15 is 0 Å². The van der Waals surface area contributed by atoms with Gasteiger partial charge in [-0.3, -0.25) is 14.4 Å².